The van der Waals surface area contributed by atoms with Crippen molar-refractivity contribution in [2.45, 2.75) is 84.2 Å². The van der Waals surface area contributed by atoms with Crippen LogP contribution in [0.4, 0.5) is 0 Å². The monoisotopic (exact) mass is 548 g/mol. The van der Waals surface area contributed by atoms with E-state index in [0.29, 0.717) is 24.0 Å². The van der Waals surface area contributed by atoms with E-state index in [1.54, 1.807) is 6.08 Å². The van der Waals surface area contributed by atoms with Gasteiger partial charge in [0.25, 0.3) is 0 Å². The minimum Gasteiger partial charge on any atom is -0.460 e. The Hall–Kier alpha value is -3.00. The van der Waals surface area contributed by atoms with Gasteiger partial charge in [-0.3, -0.25) is 14.4 Å². The van der Waals surface area contributed by atoms with Gasteiger partial charge in [0.1, 0.15) is 17.8 Å². The van der Waals surface area contributed by atoms with Gasteiger partial charge in [-0.15, -0.1) is 0 Å². The third kappa shape index (κ3) is 2.67. The first kappa shape index (κ1) is 25.9. The molecule has 7 aliphatic rings. The third-order valence-corrected chi connectivity index (χ3v) is 12.1. The topological polar surface area (TPSA) is 116 Å². The summed E-state index contributed by atoms with van der Waals surface area (Å²) < 4.78 is 18.5. The molecular formula is C32H36O8. The molecule has 1 N–H and O–H groups in total. The van der Waals surface area contributed by atoms with Crippen molar-refractivity contribution in [1.29, 1.82) is 0 Å². The molecule has 0 amide bonds. The van der Waals surface area contributed by atoms with E-state index in [2.05, 4.69) is 12.7 Å². The normalized spacial score (nSPS) is 50.1. The van der Waals surface area contributed by atoms with Crippen LogP contribution in [-0.4, -0.2) is 52.7 Å². The molecule has 4 fully saturated rings. The standard InChI is InChI=1S/C32H36O8/c1-14-12-20(35)23-25(22-15(2)11-19(34)21(14)22)39-28(37)32(23)13-31-10-9-29(32,5)26(31)24-18(16(3)27(36)38-24)7-8-30(31,6)40-17(4)33/h9-11,18,20,22-26,35H,3,7-8,12-13H2,1-2,4-6H3. The third-order valence-electron chi connectivity index (χ3n) is 12.1. The van der Waals surface area contributed by atoms with Crippen LogP contribution >= 0.6 is 0 Å². The first-order valence-electron chi connectivity index (χ1n) is 14.3. The van der Waals surface area contributed by atoms with Gasteiger partial charge in [0.15, 0.2) is 5.78 Å². The van der Waals surface area contributed by atoms with Crippen LogP contribution in [0.25, 0.3) is 0 Å². The number of aliphatic hydroxyl groups excluding tert-OH is 1. The number of fused-ring (bicyclic) bond motifs is 6. The highest BCUT2D eigenvalue weighted by molar-refractivity contribution is 6.09. The zero-order valence-electron chi connectivity index (χ0n) is 23.6. The summed E-state index contributed by atoms with van der Waals surface area (Å²) in [5.74, 6) is -3.06. The van der Waals surface area contributed by atoms with Crippen molar-refractivity contribution in [3.8, 4) is 0 Å². The number of carbonyl (C=O) groups is 4. The van der Waals surface area contributed by atoms with E-state index in [4.69, 9.17) is 14.2 Å². The minimum absolute atomic E-state index is 0.0886. The zero-order valence-corrected chi connectivity index (χ0v) is 23.6. The number of allylic oxidation sites excluding steroid dienone is 2. The quantitative estimate of drug-likeness (QED) is 0.229. The second-order valence-electron chi connectivity index (χ2n) is 13.7. The van der Waals surface area contributed by atoms with Gasteiger partial charge in [-0.2, -0.15) is 0 Å². The molecule has 0 radical (unpaired) electrons. The molecule has 0 aromatic rings. The van der Waals surface area contributed by atoms with Crippen LogP contribution in [0.3, 0.4) is 0 Å². The van der Waals surface area contributed by atoms with Crippen LogP contribution in [0.1, 0.15) is 60.3 Å². The summed E-state index contributed by atoms with van der Waals surface area (Å²) in [5, 5.41) is 11.9. The van der Waals surface area contributed by atoms with E-state index in [1.807, 2.05) is 33.8 Å². The van der Waals surface area contributed by atoms with Crippen LogP contribution in [0.15, 0.2) is 47.1 Å². The van der Waals surface area contributed by atoms with Crippen molar-refractivity contribution in [3.05, 3.63) is 47.1 Å². The van der Waals surface area contributed by atoms with E-state index < -0.39 is 75.8 Å². The maximum absolute atomic E-state index is 14.4. The summed E-state index contributed by atoms with van der Waals surface area (Å²) in [4.78, 5) is 52.8. The Balaban J connectivity index is 1.44. The summed E-state index contributed by atoms with van der Waals surface area (Å²) in [6.07, 6.45) is 5.09. The first-order chi connectivity index (χ1) is 18.7. The van der Waals surface area contributed by atoms with E-state index >= 15 is 0 Å². The number of esters is 3. The van der Waals surface area contributed by atoms with Gasteiger partial charge in [0.2, 0.25) is 0 Å². The van der Waals surface area contributed by atoms with Crippen LogP contribution in [-0.2, 0) is 33.4 Å². The van der Waals surface area contributed by atoms with E-state index in [9.17, 15) is 24.3 Å². The molecule has 40 heavy (non-hydrogen) atoms. The molecule has 1 spiro atoms. The van der Waals surface area contributed by atoms with Crippen molar-refractivity contribution in [3.63, 3.8) is 0 Å². The summed E-state index contributed by atoms with van der Waals surface area (Å²) in [6, 6.07) is 0. The zero-order chi connectivity index (χ0) is 28.7. The second-order valence-corrected chi connectivity index (χ2v) is 13.7. The lowest BCUT2D eigenvalue weighted by Gasteiger charge is -2.47. The highest BCUT2D eigenvalue weighted by Gasteiger charge is 2.84. The Kier molecular flexibility index (Phi) is 4.95. The fourth-order valence-corrected chi connectivity index (χ4v) is 10.5. The number of carbonyl (C=O) groups excluding carboxylic acids is 4. The molecule has 2 heterocycles. The van der Waals surface area contributed by atoms with Crippen LogP contribution in [0.5, 0.6) is 0 Å². The maximum atomic E-state index is 14.4. The lowest BCUT2D eigenvalue weighted by molar-refractivity contribution is -0.175. The molecule has 11 unspecified atom stereocenters. The van der Waals surface area contributed by atoms with Gasteiger partial charge in [0.05, 0.1) is 11.5 Å². The number of ether oxygens (including phenoxy) is 3. The van der Waals surface area contributed by atoms with Crippen molar-refractivity contribution in [2.24, 2.45) is 39.9 Å². The van der Waals surface area contributed by atoms with Crippen molar-refractivity contribution >= 4 is 23.7 Å². The van der Waals surface area contributed by atoms with E-state index in [-0.39, 0.29) is 24.5 Å². The van der Waals surface area contributed by atoms with Gasteiger partial charge >= 0.3 is 17.9 Å². The molecule has 5 aliphatic carbocycles. The predicted octanol–water partition coefficient (Wildman–Crippen LogP) is 3.54. The second kappa shape index (κ2) is 7.64. The van der Waals surface area contributed by atoms with Gasteiger partial charge < -0.3 is 19.3 Å². The van der Waals surface area contributed by atoms with Crippen LogP contribution in [0.2, 0.25) is 0 Å². The predicted molar refractivity (Wildman–Crippen MR) is 141 cm³/mol. The summed E-state index contributed by atoms with van der Waals surface area (Å²) in [5.41, 5.74) is -1.23. The van der Waals surface area contributed by atoms with Crippen LogP contribution in [0, 0.1) is 39.9 Å². The molecule has 2 saturated heterocycles. The maximum Gasteiger partial charge on any atom is 0.334 e. The minimum atomic E-state index is -1.18. The van der Waals surface area contributed by atoms with Crippen molar-refractivity contribution in [2.75, 3.05) is 0 Å². The van der Waals surface area contributed by atoms with Crippen molar-refractivity contribution in [1.82, 2.24) is 0 Å². The highest BCUT2D eigenvalue weighted by Crippen LogP contribution is 2.80. The lowest BCUT2D eigenvalue weighted by atomic mass is 9.54. The lowest BCUT2D eigenvalue weighted by Crippen LogP contribution is -2.52. The molecule has 2 saturated carbocycles. The first-order valence-corrected chi connectivity index (χ1v) is 14.3. The number of hydrogen-bond acceptors (Lipinski definition) is 8. The Morgan fingerprint density at radius 2 is 1.85 bits per heavy atom. The summed E-state index contributed by atoms with van der Waals surface area (Å²) >= 11 is 0. The number of aliphatic hydroxyl groups is 1. The van der Waals surface area contributed by atoms with Gasteiger partial charge in [0, 0.05) is 52.6 Å². The SMILES string of the molecule is C=C1C(=O)OC2C1CCC(C)(OC(C)=O)C13C=CC(C)(C21)C1(C3)C(=O)OC2C3C(C)=CC(=O)C3=C(C)CC(O)C21. The summed E-state index contributed by atoms with van der Waals surface area (Å²) in [7, 11) is 0. The van der Waals surface area contributed by atoms with E-state index in [0.717, 1.165) is 11.1 Å². The average molecular weight is 549 g/mol. The number of ketones is 1. The van der Waals surface area contributed by atoms with E-state index in [1.165, 1.54) is 6.92 Å². The molecule has 0 aromatic heterocycles. The molecule has 2 bridgehead atoms. The van der Waals surface area contributed by atoms with Crippen LogP contribution < -0.4 is 0 Å². The Bertz CT molecular complexity index is 1420. The molecular weight excluding hydrogens is 512 g/mol. The van der Waals surface area contributed by atoms with Gasteiger partial charge in [-0.1, -0.05) is 36.8 Å². The molecule has 2 aliphatic heterocycles. The molecule has 212 valence electrons. The Morgan fingerprint density at radius 3 is 2.55 bits per heavy atom. The smallest absolute Gasteiger partial charge is 0.334 e. The fourth-order valence-electron chi connectivity index (χ4n) is 10.5. The largest absolute Gasteiger partial charge is 0.460 e. The fraction of sp³-hybridized carbons (Fsp3) is 0.625. The average Bonchev–Trinajstić information content (AvgIpc) is 3.53. The Morgan fingerprint density at radius 1 is 1.12 bits per heavy atom. The van der Waals surface area contributed by atoms with Crippen molar-refractivity contribution < 1.29 is 38.5 Å². The van der Waals surface area contributed by atoms with Gasteiger partial charge in [-0.25, -0.2) is 4.79 Å². The summed E-state index contributed by atoms with van der Waals surface area (Å²) in [6.45, 7) is 13.1. The molecule has 8 nitrogen and oxygen atoms in total. The number of rotatable bonds is 1. The molecule has 7 rings (SSSR count). The number of hydrogen-bond donors (Lipinski definition) is 1. The molecule has 8 heteroatoms. The molecule has 0 aromatic carbocycles. The Labute approximate surface area is 233 Å². The molecule has 11 atom stereocenters. The van der Waals surface area contributed by atoms with Gasteiger partial charge in [-0.05, 0) is 52.5 Å². The highest BCUT2D eigenvalue weighted by atomic mass is 16.6.